The number of aromatic amines is 1. The van der Waals surface area contributed by atoms with Crippen molar-refractivity contribution in [2.45, 2.75) is 57.8 Å². The molecule has 2 aliphatic carbocycles. The summed E-state index contributed by atoms with van der Waals surface area (Å²) in [5.41, 5.74) is 7.13. The van der Waals surface area contributed by atoms with Gasteiger partial charge in [-0.05, 0) is 25.3 Å². The molecule has 1 fully saturated rings. The van der Waals surface area contributed by atoms with Crippen molar-refractivity contribution < 1.29 is 0 Å². The molecule has 0 amide bonds. The molecule has 2 aliphatic rings. The summed E-state index contributed by atoms with van der Waals surface area (Å²) in [6.45, 7) is 6.62. The van der Waals surface area contributed by atoms with Crippen LogP contribution in [0, 0.1) is 6.92 Å². The standard InChI is InChI=1S/C18H22N2/c1-11(2)17-19-15-13-7-6-12(3)10-14(13)18(16(15)20-17)8-4-5-9-18/h6-7,10-11H,4-5,8-9H2,1-3H3,(H,19,20). The Bertz CT molecular complexity index is 673. The second-order valence-corrected chi connectivity index (χ2v) is 6.84. The number of benzene rings is 1. The first-order valence-electron chi connectivity index (χ1n) is 7.84. The first-order valence-corrected chi connectivity index (χ1v) is 7.84. The van der Waals surface area contributed by atoms with Gasteiger partial charge in [-0.1, -0.05) is 50.5 Å². The number of nitrogens with zero attached hydrogens (tertiary/aromatic N) is 1. The highest BCUT2D eigenvalue weighted by Crippen LogP contribution is 2.56. The van der Waals surface area contributed by atoms with Crippen molar-refractivity contribution in [3.05, 3.63) is 40.8 Å². The van der Waals surface area contributed by atoms with Crippen LogP contribution in [0.3, 0.4) is 0 Å². The highest BCUT2D eigenvalue weighted by atomic mass is 15.0. The van der Waals surface area contributed by atoms with Gasteiger partial charge in [0.1, 0.15) is 5.82 Å². The molecule has 1 heterocycles. The van der Waals surface area contributed by atoms with Gasteiger partial charge in [0.15, 0.2) is 0 Å². The molecule has 0 unspecified atom stereocenters. The van der Waals surface area contributed by atoms with Gasteiger partial charge in [0.25, 0.3) is 0 Å². The number of nitrogens with one attached hydrogen (secondary N) is 1. The van der Waals surface area contributed by atoms with Gasteiger partial charge in [-0.25, -0.2) is 4.98 Å². The van der Waals surface area contributed by atoms with Crippen LogP contribution in [0.25, 0.3) is 11.3 Å². The second kappa shape index (κ2) is 3.97. The molecule has 1 aromatic carbocycles. The Labute approximate surface area is 120 Å². The Morgan fingerprint density at radius 3 is 2.65 bits per heavy atom. The minimum absolute atomic E-state index is 0.233. The summed E-state index contributed by atoms with van der Waals surface area (Å²) in [7, 11) is 0. The van der Waals surface area contributed by atoms with E-state index < -0.39 is 0 Å². The van der Waals surface area contributed by atoms with Gasteiger partial charge in [-0.15, -0.1) is 0 Å². The molecule has 1 aromatic heterocycles. The quantitative estimate of drug-likeness (QED) is 0.797. The van der Waals surface area contributed by atoms with Gasteiger partial charge in [0.05, 0.1) is 11.4 Å². The first kappa shape index (κ1) is 12.2. The molecular formula is C18H22N2. The number of hydrogen-bond acceptors (Lipinski definition) is 1. The summed E-state index contributed by atoms with van der Waals surface area (Å²) in [4.78, 5) is 8.61. The molecule has 20 heavy (non-hydrogen) atoms. The fourth-order valence-electron chi connectivity index (χ4n) is 4.10. The van der Waals surface area contributed by atoms with Gasteiger partial charge < -0.3 is 4.98 Å². The summed E-state index contributed by atoms with van der Waals surface area (Å²) < 4.78 is 0. The van der Waals surface area contributed by atoms with Crippen LogP contribution in [0.1, 0.15) is 68.1 Å². The average Bonchev–Trinajstić information content (AvgIpc) is 3.10. The third kappa shape index (κ3) is 1.42. The molecule has 104 valence electrons. The smallest absolute Gasteiger partial charge is 0.109 e. The van der Waals surface area contributed by atoms with Crippen molar-refractivity contribution in [3.63, 3.8) is 0 Å². The van der Waals surface area contributed by atoms with Crippen LogP contribution in [0.5, 0.6) is 0 Å². The second-order valence-electron chi connectivity index (χ2n) is 6.84. The van der Waals surface area contributed by atoms with E-state index in [9.17, 15) is 0 Å². The highest BCUT2D eigenvalue weighted by Gasteiger charge is 2.47. The molecule has 0 saturated heterocycles. The Morgan fingerprint density at radius 1 is 1.20 bits per heavy atom. The zero-order valence-corrected chi connectivity index (χ0v) is 12.6. The molecule has 0 aliphatic heterocycles. The van der Waals surface area contributed by atoms with Gasteiger partial charge in [-0.2, -0.15) is 0 Å². The molecule has 0 radical (unpaired) electrons. The molecular weight excluding hydrogens is 244 g/mol. The van der Waals surface area contributed by atoms with E-state index in [2.05, 4.69) is 44.0 Å². The number of hydrogen-bond donors (Lipinski definition) is 1. The van der Waals surface area contributed by atoms with E-state index in [0.717, 1.165) is 5.82 Å². The number of aromatic nitrogens is 2. The molecule has 2 aromatic rings. The van der Waals surface area contributed by atoms with Gasteiger partial charge in [0.2, 0.25) is 0 Å². The Morgan fingerprint density at radius 2 is 1.95 bits per heavy atom. The van der Waals surface area contributed by atoms with E-state index >= 15 is 0 Å². The maximum Gasteiger partial charge on any atom is 0.109 e. The van der Waals surface area contributed by atoms with Gasteiger partial charge in [-0.3, -0.25) is 0 Å². The molecule has 2 heteroatoms. The Kier molecular flexibility index (Phi) is 2.42. The number of H-pyrrole nitrogens is 1. The lowest BCUT2D eigenvalue weighted by Crippen LogP contribution is -2.21. The fourth-order valence-corrected chi connectivity index (χ4v) is 4.10. The largest absolute Gasteiger partial charge is 0.344 e. The van der Waals surface area contributed by atoms with E-state index in [4.69, 9.17) is 4.98 Å². The SMILES string of the molecule is Cc1ccc2c(c1)C1(CCCC1)c1[nH]c(C(C)C)nc1-2. The Hall–Kier alpha value is -1.57. The first-order chi connectivity index (χ1) is 9.62. The lowest BCUT2D eigenvalue weighted by molar-refractivity contribution is 0.532. The van der Waals surface area contributed by atoms with Crippen molar-refractivity contribution in [2.24, 2.45) is 0 Å². The lowest BCUT2D eigenvalue weighted by Gasteiger charge is -2.25. The van der Waals surface area contributed by atoms with Crippen LogP contribution in [-0.2, 0) is 5.41 Å². The average molecular weight is 266 g/mol. The van der Waals surface area contributed by atoms with Crippen molar-refractivity contribution >= 4 is 0 Å². The number of aryl methyl sites for hydroxylation is 1. The zero-order valence-electron chi connectivity index (χ0n) is 12.6. The van der Waals surface area contributed by atoms with Crippen molar-refractivity contribution in [2.75, 3.05) is 0 Å². The van der Waals surface area contributed by atoms with E-state index in [0.29, 0.717) is 5.92 Å². The summed E-state index contributed by atoms with van der Waals surface area (Å²) >= 11 is 0. The molecule has 1 spiro atoms. The Balaban J connectivity index is 2.00. The minimum Gasteiger partial charge on any atom is -0.344 e. The summed E-state index contributed by atoms with van der Waals surface area (Å²) in [6.07, 6.45) is 5.22. The van der Waals surface area contributed by atoms with E-state index in [1.807, 2.05) is 0 Å². The molecule has 0 bridgehead atoms. The molecule has 1 saturated carbocycles. The molecule has 0 atom stereocenters. The van der Waals surface area contributed by atoms with E-state index in [-0.39, 0.29) is 5.41 Å². The molecule has 4 rings (SSSR count). The number of rotatable bonds is 1. The minimum atomic E-state index is 0.233. The monoisotopic (exact) mass is 266 g/mol. The number of imidazole rings is 1. The van der Waals surface area contributed by atoms with Crippen molar-refractivity contribution in [1.82, 2.24) is 9.97 Å². The highest BCUT2D eigenvalue weighted by molar-refractivity contribution is 5.77. The van der Waals surface area contributed by atoms with Crippen LogP contribution >= 0.6 is 0 Å². The van der Waals surface area contributed by atoms with Crippen LogP contribution < -0.4 is 0 Å². The van der Waals surface area contributed by atoms with Crippen molar-refractivity contribution in [3.8, 4) is 11.3 Å². The lowest BCUT2D eigenvalue weighted by atomic mass is 9.79. The fraction of sp³-hybridized carbons (Fsp3) is 0.500. The predicted molar refractivity (Wildman–Crippen MR) is 82.1 cm³/mol. The third-order valence-electron chi connectivity index (χ3n) is 5.15. The zero-order chi connectivity index (χ0) is 13.9. The molecule has 2 nitrogen and oxygen atoms in total. The van der Waals surface area contributed by atoms with Crippen molar-refractivity contribution in [1.29, 1.82) is 0 Å². The van der Waals surface area contributed by atoms with Crippen LogP contribution in [0.15, 0.2) is 18.2 Å². The van der Waals surface area contributed by atoms with Crippen LogP contribution in [0.2, 0.25) is 0 Å². The number of fused-ring (bicyclic) bond motifs is 5. The van der Waals surface area contributed by atoms with E-state index in [1.54, 1.807) is 0 Å². The maximum atomic E-state index is 4.92. The molecule has 1 N–H and O–H groups in total. The van der Waals surface area contributed by atoms with Crippen LogP contribution in [0.4, 0.5) is 0 Å². The van der Waals surface area contributed by atoms with Gasteiger partial charge >= 0.3 is 0 Å². The maximum absolute atomic E-state index is 4.92. The van der Waals surface area contributed by atoms with Crippen LogP contribution in [-0.4, -0.2) is 9.97 Å². The van der Waals surface area contributed by atoms with Gasteiger partial charge in [0, 0.05) is 16.9 Å². The normalized spacial score (nSPS) is 18.8. The topological polar surface area (TPSA) is 28.7 Å². The third-order valence-corrected chi connectivity index (χ3v) is 5.15. The summed E-state index contributed by atoms with van der Waals surface area (Å²) in [5, 5.41) is 0. The predicted octanol–water partition coefficient (Wildman–Crippen LogP) is 4.68. The summed E-state index contributed by atoms with van der Waals surface area (Å²) in [5.74, 6) is 1.61. The van der Waals surface area contributed by atoms with E-state index in [1.165, 1.54) is 53.8 Å². The summed E-state index contributed by atoms with van der Waals surface area (Å²) in [6, 6.07) is 6.90.